The first-order valence-electron chi connectivity index (χ1n) is 7.25. The van der Waals surface area contributed by atoms with Crippen molar-refractivity contribution in [3.05, 3.63) is 33.8 Å². The van der Waals surface area contributed by atoms with E-state index in [4.69, 9.17) is 27.9 Å². The zero-order valence-corrected chi connectivity index (χ0v) is 14.0. The summed E-state index contributed by atoms with van der Waals surface area (Å²) in [5.41, 5.74) is 0.544. The normalized spacial score (nSPS) is 21.2. The van der Waals surface area contributed by atoms with Gasteiger partial charge in [0.1, 0.15) is 0 Å². The van der Waals surface area contributed by atoms with Crippen LogP contribution in [0.2, 0.25) is 10.0 Å². The Morgan fingerprint density at radius 1 is 1.48 bits per heavy atom. The predicted molar refractivity (Wildman–Crippen MR) is 86.4 cm³/mol. The van der Waals surface area contributed by atoms with Crippen LogP contribution in [0.1, 0.15) is 30.1 Å². The number of hydrogen-bond donors (Lipinski definition) is 0. The van der Waals surface area contributed by atoms with Gasteiger partial charge in [0, 0.05) is 24.2 Å². The molecule has 0 aromatic heterocycles. The number of methoxy groups -OCH3 is 1. The molecular formula is C16H21Cl2NO2. The molecule has 0 saturated carbocycles. The highest BCUT2D eigenvalue weighted by molar-refractivity contribution is 6.37. The van der Waals surface area contributed by atoms with Crippen LogP contribution >= 0.6 is 23.2 Å². The Balaban J connectivity index is 2.07. The van der Waals surface area contributed by atoms with Crippen LogP contribution in [0.4, 0.5) is 0 Å². The van der Waals surface area contributed by atoms with E-state index in [1.165, 1.54) is 0 Å². The lowest BCUT2D eigenvalue weighted by atomic mass is 9.95. The van der Waals surface area contributed by atoms with Crippen molar-refractivity contribution in [1.82, 2.24) is 4.90 Å². The van der Waals surface area contributed by atoms with Gasteiger partial charge in [0.25, 0.3) is 0 Å². The van der Waals surface area contributed by atoms with E-state index >= 15 is 0 Å². The first kappa shape index (κ1) is 16.8. The Kier molecular flexibility index (Phi) is 6.06. The van der Waals surface area contributed by atoms with Crippen LogP contribution in [-0.2, 0) is 4.74 Å². The highest BCUT2D eigenvalue weighted by Crippen LogP contribution is 2.25. The standard InChI is InChI=1S/C16H21Cl2NO2/c1-11(19-7-3-4-12(9-19)10-21-2)16(20)14-6-5-13(17)8-15(14)18/h5-6,8,11-12H,3-4,7,9-10H2,1-2H3. The molecule has 1 aliphatic heterocycles. The molecule has 0 N–H and O–H groups in total. The number of piperidine rings is 1. The molecule has 1 saturated heterocycles. The fourth-order valence-corrected chi connectivity index (χ4v) is 3.40. The largest absolute Gasteiger partial charge is 0.384 e. The maximum atomic E-state index is 12.6. The van der Waals surface area contributed by atoms with Gasteiger partial charge in [-0.2, -0.15) is 0 Å². The summed E-state index contributed by atoms with van der Waals surface area (Å²) in [6.07, 6.45) is 2.26. The van der Waals surface area contributed by atoms with Gasteiger partial charge in [-0.05, 0) is 50.4 Å². The van der Waals surface area contributed by atoms with Gasteiger partial charge in [-0.1, -0.05) is 23.2 Å². The number of likely N-dealkylation sites (tertiary alicyclic amines) is 1. The van der Waals surface area contributed by atoms with Gasteiger partial charge in [-0.3, -0.25) is 9.69 Å². The van der Waals surface area contributed by atoms with Crippen molar-refractivity contribution in [2.75, 3.05) is 26.8 Å². The number of nitrogens with zero attached hydrogens (tertiary/aromatic N) is 1. The highest BCUT2D eigenvalue weighted by Gasteiger charge is 2.28. The Hall–Kier alpha value is -0.610. The number of halogens is 2. The molecule has 1 aromatic rings. The average Bonchev–Trinajstić information content (AvgIpc) is 2.46. The summed E-state index contributed by atoms with van der Waals surface area (Å²) in [5, 5.41) is 0.965. The summed E-state index contributed by atoms with van der Waals surface area (Å²) >= 11 is 12.0. The molecule has 5 heteroatoms. The van der Waals surface area contributed by atoms with E-state index in [0.717, 1.165) is 32.5 Å². The van der Waals surface area contributed by atoms with E-state index in [-0.39, 0.29) is 11.8 Å². The van der Waals surface area contributed by atoms with Gasteiger partial charge in [0.2, 0.25) is 0 Å². The summed E-state index contributed by atoms with van der Waals surface area (Å²) in [5.74, 6) is 0.550. The quantitative estimate of drug-likeness (QED) is 0.767. The van der Waals surface area contributed by atoms with Crippen molar-refractivity contribution in [3.63, 3.8) is 0 Å². The third-order valence-electron chi connectivity index (χ3n) is 4.08. The van der Waals surface area contributed by atoms with Crippen molar-refractivity contribution >= 4 is 29.0 Å². The Bertz CT molecular complexity index is 505. The average molecular weight is 330 g/mol. The molecule has 2 unspecified atom stereocenters. The minimum absolute atomic E-state index is 0.0507. The van der Waals surface area contributed by atoms with Crippen LogP contribution in [-0.4, -0.2) is 43.5 Å². The molecule has 1 aromatic carbocycles. The van der Waals surface area contributed by atoms with Crippen molar-refractivity contribution < 1.29 is 9.53 Å². The molecule has 0 amide bonds. The molecule has 2 rings (SSSR count). The van der Waals surface area contributed by atoms with Crippen LogP contribution in [0.3, 0.4) is 0 Å². The van der Waals surface area contributed by atoms with Crippen molar-refractivity contribution in [3.8, 4) is 0 Å². The number of benzene rings is 1. The number of carbonyl (C=O) groups excluding carboxylic acids is 1. The Morgan fingerprint density at radius 2 is 2.24 bits per heavy atom. The lowest BCUT2D eigenvalue weighted by molar-refractivity contribution is 0.0595. The zero-order valence-electron chi connectivity index (χ0n) is 12.4. The lowest BCUT2D eigenvalue weighted by Gasteiger charge is -2.36. The van der Waals surface area contributed by atoms with Crippen LogP contribution < -0.4 is 0 Å². The van der Waals surface area contributed by atoms with E-state index < -0.39 is 0 Å². The number of Topliss-reactive ketones (excluding diaryl/α,β-unsaturated/α-hetero) is 1. The maximum Gasteiger partial charge on any atom is 0.181 e. The van der Waals surface area contributed by atoms with Crippen LogP contribution in [0, 0.1) is 5.92 Å². The number of hydrogen-bond acceptors (Lipinski definition) is 3. The number of ketones is 1. The summed E-state index contributed by atoms with van der Waals surface area (Å²) in [7, 11) is 1.72. The van der Waals surface area contributed by atoms with Gasteiger partial charge in [0.15, 0.2) is 5.78 Å². The Labute approximate surface area is 136 Å². The summed E-state index contributed by atoms with van der Waals surface area (Å²) in [6.45, 7) is 4.53. The van der Waals surface area contributed by atoms with Gasteiger partial charge in [-0.25, -0.2) is 0 Å². The minimum Gasteiger partial charge on any atom is -0.384 e. The molecule has 21 heavy (non-hydrogen) atoms. The molecule has 1 fully saturated rings. The fraction of sp³-hybridized carbons (Fsp3) is 0.562. The molecule has 116 valence electrons. The third kappa shape index (κ3) is 4.19. The first-order chi connectivity index (χ1) is 10.0. The predicted octanol–water partition coefficient (Wildman–Crippen LogP) is 3.92. The number of rotatable bonds is 5. The lowest BCUT2D eigenvalue weighted by Crippen LogP contribution is -2.46. The molecule has 1 heterocycles. The van der Waals surface area contributed by atoms with E-state index in [9.17, 15) is 4.79 Å². The molecule has 3 nitrogen and oxygen atoms in total. The van der Waals surface area contributed by atoms with E-state index in [1.807, 2.05) is 6.92 Å². The number of carbonyl (C=O) groups is 1. The summed E-state index contributed by atoms with van der Waals surface area (Å²) < 4.78 is 5.24. The molecule has 1 aliphatic rings. The van der Waals surface area contributed by atoms with Gasteiger partial charge in [-0.15, -0.1) is 0 Å². The molecule has 0 radical (unpaired) electrons. The van der Waals surface area contributed by atoms with Crippen molar-refractivity contribution in [2.24, 2.45) is 5.92 Å². The summed E-state index contributed by atoms with van der Waals surface area (Å²) in [4.78, 5) is 14.9. The van der Waals surface area contributed by atoms with Gasteiger partial charge >= 0.3 is 0 Å². The van der Waals surface area contributed by atoms with Crippen LogP contribution in [0.15, 0.2) is 18.2 Å². The third-order valence-corrected chi connectivity index (χ3v) is 4.62. The van der Waals surface area contributed by atoms with E-state index in [0.29, 0.717) is 21.5 Å². The molecule has 2 atom stereocenters. The maximum absolute atomic E-state index is 12.6. The zero-order chi connectivity index (χ0) is 15.4. The highest BCUT2D eigenvalue weighted by atomic mass is 35.5. The topological polar surface area (TPSA) is 29.5 Å². The molecular weight excluding hydrogens is 309 g/mol. The summed E-state index contributed by atoms with van der Waals surface area (Å²) in [6, 6.07) is 4.85. The van der Waals surface area contributed by atoms with Gasteiger partial charge < -0.3 is 4.74 Å². The second-order valence-electron chi connectivity index (χ2n) is 5.62. The van der Waals surface area contributed by atoms with E-state index in [1.54, 1.807) is 25.3 Å². The van der Waals surface area contributed by atoms with Crippen molar-refractivity contribution in [1.29, 1.82) is 0 Å². The first-order valence-corrected chi connectivity index (χ1v) is 8.00. The second-order valence-corrected chi connectivity index (χ2v) is 6.47. The van der Waals surface area contributed by atoms with Crippen molar-refractivity contribution in [2.45, 2.75) is 25.8 Å². The molecule has 0 bridgehead atoms. The Morgan fingerprint density at radius 3 is 2.90 bits per heavy atom. The molecule has 0 spiro atoms. The second kappa shape index (κ2) is 7.59. The molecule has 0 aliphatic carbocycles. The fourth-order valence-electron chi connectivity index (χ4n) is 2.90. The smallest absolute Gasteiger partial charge is 0.181 e. The monoisotopic (exact) mass is 329 g/mol. The number of ether oxygens (including phenoxy) is 1. The van der Waals surface area contributed by atoms with E-state index in [2.05, 4.69) is 4.90 Å². The minimum atomic E-state index is -0.177. The van der Waals surface area contributed by atoms with Gasteiger partial charge in [0.05, 0.1) is 17.7 Å². The van der Waals surface area contributed by atoms with Crippen LogP contribution in [0.5, 0.6) is 0 Å². The SMILES string of the molecule is COCC1CCCN(C(C)C(=O)c2ccc(Cl)cc2Cl)C1. The van der Waals surface area contributed by atoms with Crippen LogP contribution in [0.25, 0.3) is 0 Å².